The van der Waals surface area contributed by atoms with Crippen LogP contribution in [-0.2, 0) is 18.4 Å². The average Bonchev–Trinajstić information content (AvgIpc) is 2.37. The van der Waals surface area contributed by atoms with Gasteiger partial charge in [0.05, 0.1) is 13.2 Å². The second-order valence-corrected chi connectivity index (χ2v) is 6.45. The van der Waals surface area contributed by atoms with E-state index in [0.717, 1.165) is 0 Å². The smallest absolute Gasteiger partial charge is 0.346 e. The van der Waals surface area contributed by atoms with Gasteiger partial charge in [-0.05, 0) is 26.7 Å². The molecule has 0 aromatic rings. The molecule has 0 fully saturated rings. The van der Waals surface area contributed by atoms with Gasteiger partial charge in [-0.3, -0.25) is 14.8 Å². The lowest BCUT2D eigenvalue weighted by Crippen LogP contribution is -2.44. The van der Waals surface area contributed by atoms with Crippen LogP contribution in [0.25, 0.3) is 0 Å². The van der Waals surface area contributed by atoms with E-state index in [-0.39, 0.29) is 25.6 Å². The van der Waals surface area contributed by atoms with Gasteiger partial charge in [-0.25, -0.2) is 0 Å². The van der Waals surface area contributed by atoms with Crippen molar-refractivity contribution in [1.82, 2.24) is 10.4 Å². The Morgan fingerprint density at radius 2 is 1.91 bits per heavy atom. The SMILES string of the molecule is CCOP(=O)(CN(O)[C@@H](CCCNC(=N)N)C(N)=O)OCC. The van der Waals surface area contributed by atoms with Crippen molar-refractivity contribution in [2.75, 3.05) is 26.0 Å². The molecule has 0 spiro atoms. The maximum atomic E-state index is 12.3. The van der Waals surface area contributed by atoms with E-state index in [1.165, 1.54) is 0 Å². The first-order chi connectivity index (χ1) is 10.3. The summed E-state index contributed by atoms with van der Waals surface area (Å²) < 4.78 is 22.4. The van der Waals surface area contributed by atoms with Gasteiger partial charge in [-0.15, -0.1) is 0 Å². The zero-order valence-electron chi connectivity index (χ0n) is 12.9. The first-order valence-corrected chi connectivity index (χ1v) is 8.69. The molecule has 1 atom stereocenters. The topological polar surface area (TPSA) is 164 Å². The Kier molecular flexibility index (Phi) is 9.95. The summed E-state index contributed by atoms with van der Waals surface area (Å²) in [4.78, 5) is 11.4. The number of hydrogen-bond acceptors (Lipinski definition) is 7. The van der Waals surface area contributed by atoms with Crippen molar-refractivity contribution < 1.29 is 23.6 Å². The fraction of sp³-hybridized carbons (Fsp3) is 0.818. The molecule has 0 aliphatic heterocycles. The van der Waals surface area contributed by atoms with Crippen LogP contribution in [0, 0.1) is 5.41 Å². The zero-order chi connectivity index (χ0) is 17.2. The minimum atomic E-state index is -3.53. The van der Waals surface area contributed by atoms with Gasteiger partial charge in [0, 0.05) is 6.54 Å². The molecule has 0 heterocycles. The summed E-state index contributed by atoms with van der Waals surface area (Å²) in [5.74, 6) is -0.946. The standard InChI is InChI=1S/C11H26N5O5P/c1-3-20-22(19,21-4-2)8-16(18)9(10(12)17)6-5-7-15-11(13)14/h9,18H,3-8H2,1-2H3,(H2,12,17)(H4,13,14,15)/t9-/m0/s1. The Hall–Kier alpha value is -1.19. The van der Waals surface area contributed by atoms with Gasteiger partial charge in [0.25, 0.3) is 0 Å². The Bertz CT molecular complexity index is 398. The van der Waals surface area contributed by atoms with E-state index in [4.69, 9.17) is 25.9 Å². The van der Waals surface area contributed by atoms with E-state index < -0.39 is 25.8 Å². The van der Waals surface area contributed by atoms with Gasteiger partial charge in [-0.1, -0.05) is 0 Å². The fourth-order valence-corrected chi connectivity index (χ4v) is 3.32. The molecule has 22 heavy (non-hydrogen) atoms. The lowest BCUT2D eigenvalue weighted by Gasteiger charge is -2.27. The van der Waals surface area contributed by atoms with Gasteiger partial charge >= 0.3 is 7.60 Å². The second-order valence-electron chi connectivity index (χ2n) is 4.43. The molecule has 0 radical (unpaired) electrons. The molecule has 0 aromatic heterocycles. The van der Waals surface area contributed by atoms with Crippen molar-refractivity contribution in [3.63, 3.8) is 0 Å². The molecule has 1 amide bonds. The summed E-state index contributed by atoms with van der Waals surface area (Å²) in [6.45, 7) is 3.93. The Morgan fingerprint density at radius 3 is 2.32 bits per heavy atom. The number of guanidine groups is 1. The number of hydrogen-bond donors (Lipinski definition) is 5. The third kappa shape index (κ3) is 8.30. The maximum absolute atomic E-state index is 12.3. The van der Waals surface area contributed by atoms with Crippen LogP contribution in [0.3, 0.4) is 0 Å². The Balaban J connectivity index is 4.63. The van der Waals surface area contributed by atoms with Crippen LogP contribution < -0.4 is 16.8 Å². The predicted octanol–water partition coefficient (Wildman–Crippen LogP) is 0.0184. The highest BCUT2D eigenvalue weighted by Gasteiger charge is 2.32. The minimum absolute atomic E-state index is 0.148. The van der Waals surface area contributed by atoms with Crippen LogP contribution >= 0.6 is 7.60 Å². The molecule has 0 saturated carbocycles. The van der Waals surface area contributed by atoms with Crippen LogP contribution in [0.1, 0.15) is 26.7 Å². The highest BCUT2D eigenvalue weighted by molar-refractivity contribution is 7.53. The molecule has 10 nitrogen and oxygen atoms in total. The average molecular weight is 339 g/mol. The van der Waals surface area contributed by atoms with Crippen LogP contribution in [0.2, 0.25) is 0 Å². The van der Waals surface area contributed by atoms with Crippen LogP contribution in [0.4, 0.5) is 0 Å². The number of rotatable bonds is 12. The number of nitrogens with zero attached hydrogens (tertiary/aromatic N) is 1. The van der Waals surface area contributed by atoms with E-state index in [1.54, 1.807) is 13.8 Å². The lowest BCUT2D eigenvalue weighted by molar-refractivity contribution is -0.148. The summed E-state index contributed by atoms with van der Waals surface area (Å²) in [6.07, 6.45) is 0.171. The zero-order valence-corrected chi connectivity index (χ0v) is 13.8. The number of carbonyl (C=O) groups is 1. The van der Waals surface area contributed by atoms with Crippen molar-refractivity contribution in [2.24, 2.45) is 11.5 Å². The Labute approximate surface area is 130 Å². The van der Waals surface area contributed by atoms with Gasteiger partial charge in [0.1, 0.15) is 12.3 Å². The molecule has 0 aliphatic carbocycles. The number of carbonyl (C=O) groups excluding carboxylic acids is 1. The summed E-state index contributed by atoms with van der Waals surface area (Å²) in [5, 5.41) is 20.2. The van der Waals surface area contributed by atoms with Crippen molar-refractivity contribution in [3.8, 4) is 0 Å². The molecule has 0 aliphatic rings. The maximum Gasteiger partial charge on any atom is 0.346 e. The van der Waals surface area contributed by atoms with E-state index >= 15 is 0 Å². The highest BCUT2D eigenvalue weighted by atomic mass is 31.2. The number of primary amides is 1. The predicted molar refractivity (Wildman–Crippen MR) is 81.5 cm³/mol. The monoisotopic (exact) mass is 339 g/mol. The fourth-order valence-electron chi connectivity index (χ4n) is 1.74. The second kappa shape index (κ2) is 10.5. The summed E-state index contributed by atoms with van der Waals surface area (Å²) in [5.41, 5.74) is 10.4. The summed E-state index contributed by atoms with van der Waals surface area (Å²) >= 11 is 0. The van der Waals surface area contributed by atoms with Gasteiger partial charge in [0.2, 0.25) is 5.91 Å². The van der Waals surface area contributed by atoms with Gasteiger partial charge in [-0.2, -0.15) is 5.06 Å². The van der Waals surface area contributed by atoms with Crippen molar-refractivity contribution in [1.29, 1.82) is 5.41 Å². The molecule has 0 aromatic carbocycles. The molecular formula is C11H26N5O5P. The van der Waals surface area contributed by atoms with E-state index in [2.05, 4.69) is 5.32 Å². The highest BCUT2D eigenvalue weighted by Crippen LogP contribution is 2.48. The molecule has 0 bridgehead atoms. The molecule has 0 saturated heterocycles. The van der Waals surface area contributed by atoms with Crippen molar-refractivity contribution in [2.45, 2.75) is 32.7 Å². The first kappa shape index (κ1) is 20.8. The largest absolute Gasteiger partial charge is 0.370 e. The molecular weight excluding hydrogens is 313 g/mol. The van der Waals surface area contributed by atoms with Gasteiger partial charge in [0.15, 0.2) is 5.96 Å². The van der Waals surface area contributed by atoms with E-state index in [9.17, 15) is 14.6 Å². The van der Waals surface area contributed by atoms with E-state index in [1.807, 2.05) is 0 Å². The molecule has 11 heteroatoms. The quantitative estimate of drug-likeness (QED) is 0.109. The van der Waals surface area contributed by atoms with Crippen LogP contribution in [0.15, 0.2) is 0 Å². The molecule has 0 unspecified atom stereocenters. The third-order valence-corrected chi connectivity index (χ3v) is 4.57. The number of nitrogens with one attached hydrogen (secondary N) is 2. The first-order valence-electron chi connectivity index (χ1n) is 6.96. The van der Waals surface area contributed by atoms with Crippen molar-refractivity contribution >= 4 is 19.5 Å². The molecule has 7 N–H and O–H groups in total. The number of amides is 1. The Morgan fingerprint density at radius 1 is 1.36 bits per heavy atom. The third-order valence-electron chi connectivity index (χ3n) is 2.63. The summed E-state index contributed by atoms with van der Waals surface area (Å²) in [7, 11) is -3.53. The van der Waals surface area contributed by atoms with Crippen LogP contribution in [0.5, 0.6) is 0 Å². The van der Waals surface area contributed by atoms with Gasteiger partial charge < -0.3 is 31.0 Å². The van der Waals surface area contributed by atoms with Crippen molar-refractivity contribution in [3.05, 3.63) is 0 Å². The van der Waals surface area contributed by atoms with E-state index in [0.29, 0.717) is 18.0 Å². The lowest BCUT2D eigenvalue weighted by atomic mass is 10.1. The molecule has 130 valence electrons. The normalized spacial score (nSPS) is 13.1. The minimum Gasteiger partial charge on any atom is -0.370 e. The number of hydroxylamine groups is 2. The summed E-state index contributed by atoms with van der Waals surface area (Å²) in [6, 6.07) is -1.04. The molecule has 0 rings (SSSR count). The number of nitrogens with two attached hydrogens (primary N) is 2. The van der Waals surface area contributed by atoms with Crippen LogP contribution in [-0.4, -0.2) is 54.2 Å².